The molecule has 2 rings (SSSR count). The second-order valence-electron chi connectivity index (χ2n) is 4.87. The Hall–Kier alpha value is -1.71. The predicted molar refractivity (Wildman–Crippen MR) is 74.6 cm³/mol. The lowest BCUT2D eigenvalue weighted by atomic mass is 9.99. The van der Waals surface area contributed by atoms with Crippen LogP contribution in [0.5, 0.6) is 0 Å². The Kier molecular flexibility index (Phi) is 3.75. The van der Waals surface area contributed by atoms with Gasteiger partial charge >= 0.3 is 0 Å². The number of carbonyl (C=O) groups is 1. The van der Waals surface area contributed by atoms with Crippen molar-refractivity contribution in [1.29, 1.82) is 0 Å². The summed E-state index contributed by atoms with van der Waals surface area (Å²) in [6.07, 6.45) is 3.17. The number of benzene rings is 1. The zero-order valence-electron chi connectivity index (χ0n) is 11.1. The Morgan fingerprint density at radius 2 is 2.22 bits per heavy atom. The van der Waals surface area contributed by atoms with Gasteiger partial charge in [0.1, 0.15) is 6.04 Å². The molecule has 1 fully saturated rings. The molecule has 1 amide bonds. The van der Waals surface area contributed by atoms with Crippen LogP contribution < -0.4 is 16.0 Å². The summed E-state index contributed by atoms with van der Waals surface area (Å²) in [5.41, 5.74) is 8.80. The van der Waals surface area contributed by atoms with Crippen LogP contribution in [-0.4, -0.2) is 25.5 Å². The molecule has 1 aromatic carbocycles. The number of piperidine rings is 1. The molecule has 1 aliphatic heterocycles. The van der Waals surface area contributed by atoms with Crippen LogP contribution in [0.1, 0.15) is 24.8 Å². The first-order valence-electron chi connectivity index (χ1n) is 6.48. The van der Waals surface area contributed by atoms with E-state index in [2.05, 4.69) is 10.2 Å². The van der Waals surface area contributed by atoms with Gasteiger partial charge in [0.2, 0.25) is 5.91 Å². The molecule has 1 saturated heterocycles. The van der Waals surface area contributed by atoms with E-state index in [9.17, 15) is 4.79 Å². The van der Waals surface area contributed by atoms with Gasteiger partial charge in [-0.05, 0) is 49.9 Å². The van der Waals surface area contributed by atoms with Gasteiger partial charge in [-0.1, -0.05) is 0 Å². The van der Waals surface area contributed by atoms with Gasteiger partial charge in [-0.3, -0.25) is 4.79 Å². The second kappa shape index (κ2) is 5.29. The highest BCUT2D eigenvalue weighted by Gasteiger charge is 2.28. The van der Waals surface area contributed by atoms with E-state index in [0.717, 1.165) is 42.7 Å². The molecule has 0 spiro atoms. The van der Waals surface area contributed by atoms with Crippen molar-refractivity contribution in [2.45, 2.75) is 32.2 Å². The summed E-state index contributed by atoms with van der Waals surface area (Å²) in [6.45, 7) is 2.98. The number of nitrogens with zero attached hydrogens (tertiary/aromatic N) is 1. The molecular formula is C14H21N3O. The minimum absolute atomic E-state index is 0.0499. The quantitative estimate of drug-likeness (QED) is 0.782. The van der Waals surface area contributed by atoms with Crippen molar-refractivity contribution >= 4 is 17.3 Å². The molecule has 0 aromatic heterocycles. The van der Waals surface area contributed by atoms with Crippen LogP contribution in [0.2, 0.25) is 0 Å². The number of anilines is 2. The maximum Gasteiger partial charge on any atom is 0.242 e. The van der Waals surface area contributed by atoms with Crippen LogP contribution in [-0.2, 0) is 4.79 Å². The van der Waals surface area contributed by atoms with E-state index >= 15 is 0 Å². The molecule has 4 heteroatoms. The topological polar surface area (TPSA) is 58.4 Å². The number of hydrogen-bond donors (Lipinski definition) is 2. The van der Waals surface area contributed by atoms with Gasteiger partial charge in [0.25, 0.3) is 0 Å². The first kappa shape index (κ1) is 12.7. The fraction of sp³-hybridized carbons (Fsp3) is 0.500. The summed E-state index contributed by atoms with van der Waals surface area (Å²) < 4.78 is 0. The summed E-state index contributed by atoms with van der Waals surface area (Å²) in [7, 11) is 1.70. The Morgan fingerprint density at radius 3 is 2.89 bits per heavy atom. The van der Waals surface area contributed by atoms with Gasteiger partial charge in [0, 0.05) is 25.0 Å². The number of aryl methyl sites for hydroxylation is 1. The number of rotatable bonds is 2. The third-order valence-corrected chi connectivity index (χ3v) is 3.58. The molecule has 1 aliphatic rings. The Bertz CT molecular complexity index is 445. The van der Waals surface area contributed by atoms with Crippen LogP contribution in [0, 0.1) is 6.92 Å². The summed E-state index contributed by atoms with van der Waals surface area (Å²) in [5, 5.41) is 2.76. The number of nitrogens with two attached hydrogens (primary N) is 1. The molecule has 1 heterocycles. The van der Waals surface area contributed by atoms with Gasteiger partial charge in [-0.2, -0.15) is 0 Å². The van der Waals surface area contributed by atoms with Crippen LogP contribution in [0.25, 0.3) is 0 Å². The van der Waals surface area contributed by atoms with Crippen LogP contribution in [0.4, 0.5) is 11.4 Å². The molecular weight excluding hydrogens is 226 g/mol. The highest BCUT2D eigenvalue weighted by molar-refractivity contribution is 5.85. The molecule has 4 nitrogen and oxygen atoms in total. The van der Waals surface area contributed by atoms with Crippen molar-refractivity contribution in [2.24, 2.45) is 0 Å². The van der Waals surface area contributed by atoms with Crippen LogP contribution >= 0.6 is 0 Å². The van der Waals surface area contributed by atoms with Crippen LogP contribution in [0.3, 0.4) is 0 Å². The number of nitrogens with one attached hydrogen (secondary N) is 1. The number of nitrogen functional groups attached to an aromatic ring is 1. The summed E-state index contributed by atoms with van der Waals surface area (Å²) in [5.74, 6) is 0.103. The molecule has 3 N–H and O–H groups in total. The summed E-state index contributed by atoms with van der Waals surface area (Å²) in [6, 6.07) is 5.83. The SMILES string of the molecule is CNC(=O)C1CCCCN1c1ccc(N)cc1C. The highest BCUT2D eigenvalue weighted by Crippen LogP contribution is 2.29. The third-order valence-electron chi connectivity index (χ3n) is 3.58. The second-order valence-corrected chi connectivity index (χ2v) is 4.87. The van der Waals surface area contributed by atoms with Gasteiger partial charge in [0.15, 0.2) is 0 Å². The highest BCUT2D eigenvalue weighted by atomic mass is 16.2. The zero-order valence-corrected chi connectivity index (χ0v) is 11.1. The van der Waals surface area contributed by atoms with Crippen molar-refractivity contribution in [3.63, 3.8) is 0 Å². The lowest BCUT2D eigenvalue weighted by Gasteiger charge is -2.37. The minimum atomic E-state index is -0.0499. The molecule has 1 atom stereocenters. The van der Waals surface area contributed by atoms with E-state index in [1.165, 1.54) is 0 Å². The number of likely N-dealkylation sites (N-methyl/N-ethyl adjacent to an activating group) is 1. The van der Waals surface area contributed by atoms with E-state index in [-0.39, 0.29) is 11.9 Å². The Balaban J connectivity index is 2.30. The van der Waals surface area contributed by atoms with E-state index in [4.69, 9.17) is 5.73 Å². The van der Waals surface area contributed by atoms with E-state index in [1.807, 2.05) is 25.1 Å². The summed E-state index contributed by atoms with van der Waals surface area (Å²) >= 11 is 0. The molecule has 0 aliphatic carbocycles. The molecule has 0 saturated carbocycles. The van der Waals surface area contributed by atoms with Crippen molar-refractivity contribution < 1.29 is 4.79 Å². The van der Waals surface area contributed by atoms with Crippen molar-refractivity contribution in [2.75, 3.05) is 24.2 Å². The van der Waals surface area contributed by atoms with Crippen LogP contribution in [0.15, 0.2) is 18.2 Å². The first-order valence-corrected chi connectivity index (χ1v) is 6.48. The van der Waals surface area contributed by atoms with E-state index in [1.54, 1.807) is 7.05 Å². The molecule has 98 valence electrons. The minimum Gasteiger partial charge on any atom is -0.399 e. The largest absolute Gasteiger partial charge is 0.399 e. The van der Waals surface area contributed by atoms with Crippen molar-refractivity contribution in [1.82, 2.24) is 5.32 Å². The van der Waals surface area contributed by atoms with Crippen molar-refractivity contribution in [3.05, 3.63) is 23.8 Å². The molecule has 0 radical (unpaired) electrons. The zero-order chi connectivity index (χ0) is 13.1. The lowest BCUT2D eigenvalue weighted by Crippen LogP contribution is -2.49. The number of carbonyl (C=O) groups excluding carboxylic acids is 1. The standard InChI is InChI=1S/C14H21N3O/c1-10-9-11(15)6-7-12(10)17-8-4-3-5-13(17)14(18)16-2/h6-7,9,13H,3-5,8,15H2,1-2H3,(H,16,18). The average Bonchev–Trinajstić information content (AvgIpc) is 2.38. The third kappa shape index (κ3) is 2.42. The van der Waals surface area contributed by atoms with Crippen molar-refractivity contribution in [3.8, 4) is 0 Å². The Morgan fingerprint density at radius 1 is 1.44 bits per heavy atom. The average molecular weight is 247 g/mol. The first-order chi connectivity index (χ1) is 8.63. The molecule has 1 aromatic rings. The maximum atomic E-state index is 12.0. The maximum absolute atomic E-state index is 12.0. The summed E-state index contributed by atoms with van der Waals surface area (Å²) in [4.78, 5) is 14.2. The predicted octanol–water partition coefficient (Wildman–Crippen LogP) is 1.68. The normalized spacial score (nSPS) is 19.7. The molecule has 18 heavy (non-hydrogen) atoms. The molecule has 1 unspecified atom stereocenters. The lowest BCUT2D eigenvalue weighted by molar-refractivity contribution is -0.122. The van der Waals surface area contributed by atoms with Gasteiger partial charge < -0.3 is 16.0 Å². The van der Waals surface area contributed by atoms with E-state index in [0.29, 0.717) is 0 Å². The van der Waals surface area contributed by atoms with E-state index < -0.39 is 0 Å². The molecule has 0 bridgehead atoms. The fourth-order valence-electron chi connectivity index (χ4n) is 2.66. The van der Waals surface area contributed by atoms with Gasteiger partial charge in [0.05, 0.1) is 0 Å². The van der Waals surface area contributed by atoms with Gasteiger partial charge in [-0.25, -0.2) is 0 Å². The number of hydrogen-bond acceptors (Lipinski definition) is 3. The smallest absolute Gasteiger partial charge is 0.242 e. The number of amides is 1. The monoisotopic (exact) mass is 247 g/mol. The Labute approximate surface area is 108 Å². The van der Waals surface area contributed by atoms with Gasteiger partial charge in [-0.15, -0.1) is 0 Å². The fourth-order valence-corrected chi connectivity index (χ4v) is 2.66.